The summed E-state index contributed by atoms with van der Waals surface area (Å²) in [4.78, 5) is 24.3. The molecule has 1 rings (SSSR count). The van der Waals surface area contributed by atoms with Gasteiger partial charge >= 0.3 is 5.97 Å². The predicted octanol–water partition coefficient (Wildman–Crippen LogP) is 1.31. The molecule has 8 heteroatoms. The number of carbonyl (C=O) groups excluding carboxylic acids is 2. The molecule has 0 aromatic carbocycles. The molecule has 0 spiro atoms. The van der Waals surface area contributed by atoms with E-state index in [-0.39, 0.29) is 23.8 Å². The van der Waals surface area contributed by atoms with E-state index in [0.717, 1.165) is 11.3 Å². The third-order valence-corrected chi connectivity index (χ3v) is 3.72. The minimum atomic E-state index is -0.540. The Bertz CT molecular complexity index is 502. The van der Waals surface area contributed by atoms with Crippen molar-refractivity contribution in [1.82, 2.24) is 5.32 Å². The highest BCUT2D eigenvalue weighted by atomic mass is 32.1. The van der Waals surface area contributed by atoms with Crippen LogP contribution in [0.1, 0.15) is 33.9 Å². The maximum atomic E-state index is 12.0. The van der Waals surface area contributed by atoms with Crippen LogP contribution in [0.15, 0.2) is 0 Å². The smallest absolute Gasteiger partial charge is 0.343 e. The molecule has 21 heavy (non-hydrogen) atoms. The zero-order chi connectivity index (χ0) is 15.8. The summed E-state index contributed by atoms with van der Waals surface area (Å²) in [6.07, 6.45) is 0. The highest BCUT2D eigenvalue weighted by Crippen LogP contribution is 2.36. The quantitative estimate of drug-likeness (QED) is 0.494. The van der Waals surface area contributed by atoms with Crippen LogP contribution in [0.5, 0.6) is 0 Å². The van der Waals surface area contributed by atoms with E-state index in [1.807, 2.05) is 6.92 Å². The summed E-state index contributed by atoms with van der Waals surface area (Å²) in [7, 11) is 1.58. The number of nitrogens with two attached hydrogens (primary N) is 1. The molecule has 0 aliphatic rings. The first-order chi connectivity index (χ1) is 10.1. The fourth-order valence-electron chi connectivity index (χ4n) is 1.65. The number of anilines is 2. The van der Waals surface area contributed by atoms with Crippen molar-refractivity contribution in [1.29, 1.82) is 0 Å². The van der Waals surface area contributed by atoms with Gasteiger partial charge in [0.25, 0.3) is 5.91 Å². The van der Waals surface area contributed by atoms with Gasteiger partial charge in [-0.3, -0.25) is 4.79 Å². The first-order valence-corrected chi connectivity index (χ1v) is 7.48. The van der Waals surface area contributed by atoms with E-state index >= 15 is 0 Å². The largest absolute Gasteiger partial charge is 0.462 e. The maximum Gasteiger partial charge on any atom is 0.343 e. The van der Waals surface area contributed by atoms with Crippen LogP contribution in [-0.4, -0.2) is 45.3 Å². The monoisotopic (exact) mass is 315 g/mol. The van der Waals surface area contributed by atoms with Crippen LogP contribution < -0.4 is 16.4 Å². The molecule has 118 valence electrons. The highest BCUT2D eigenvalue weighted by molar-refractivity contribution is 7.19. The second-order valence-corrected chi connectivity index (χ2v) is 5.07. The van der Waals surface area contributed by atoms with Gasteiger partial charge in [0.2, 0.25) is 0 Å². The second-order valence-electron chi connectivity index (χ2n) is 4.05. The van der Waals surface area contributed by atoms with Crippen LogP contribution in [0.25, 0.3) is 0 Å². The minimum absolute atomic E-state index is 0.143. The van der Waals surface area contributed by atoms with E-state index < -0.39 is 5.97 Å². The molecule has 4 N–H and O–H groups in total. The van der Waals surface area contributed by atoms with Crippen molar-refractivity contribution < 1.29 is 19.1 Å². The topological polar surface area (TPSA) is 103 Å². The average Bonchev–Trinajstić information content (AvgIpc) is 2.77. The summed E-state index contributed by atoms with van der Waals surface area (Å²) in [5.74, 6) is -0.841. The molecule has 0 fully saturated rings. The Morgan fingerprint density at radius 3 is 2.62 bits per heavy atom. The molecule has 0 aliphatic carbocycles. The van der Waals surface area contributed by atoms with Gasteiger partial charge in [0.1, 0.15) is 15.4 Å². The van der Waals surface area contributed by atoms with E-state index in [0.29, 0.717) is 29.6 Å². The van der Waals surface area contributed by atoms with Crippen molar-refractivity contribution in [3.8, 4) is 0 Å². The standard InChI is InChI=1S/C13H21N3O4S/c1-4-15-11(17)10-9(14)8(13(18)20-5-2)12(21-10)16-6-7-19-3/h16H,4-7,14H2,1-3H3,(H,15,17). The summed E-state index contributed by atoms with van der Waals surface area (Å²) in [6.45, 7) is 5.21. The van der Waals surface area contributed by atoms with E-state index in [9.17, 15) is 9.59 Å². The van der Waals surface area contributed by atoms with E-state index in [1.165, 1.54) is 0 Å². The molecule has 1 aromatic heterocycles. The predicted molar refractivity (Wildman–Crippen MR) is 83.1 cm³/mol. The van der Waals surface area contributed by atoms with Crippen LogP contribution in [-0.2, 0) is 9.47 Å². The molecule has 1 amide bonds. The first kappa shape index (κ1) is 17.3. The van der Waals surface area contributed by atoms with Gasteiger partial charge in [-0.25, -0.2) is 4.79 Å². The van der Waals surface area contributed by atoms with Crippen molar-refractivity contribution in [2.45, 2.75) is 13.8 Å². The van der Waals surface area contributed by atoms with Crippen molar-refractivity contribution in [3.05, 3.63) is 10.4 Å². The number of nitrogens with one attached hydrogen (secondary N) is 2. The fraction of sp³-hybridized carbons (Fsp3) is 0.538. The number of nitrogen functional groups attached to an aromatic ring is 1. The number of methoxy groups -OCH3 is 1. The lowest BCUT2D eigenvalue weighted by molar-refractivity contribution is 0.0529. The van der Waals surface area contributed by atoms with Crippen LogP contribution in [0.3, 0.4) is 0 Å². The van der Waals surface area contributed by atoms with Crippen LogP contribution in [0.4, 0.5) is 10.7 Å². The van der Waals surface area contributed by atoms with Gasteiger partial charge in [-0.05, 0) is 13.8 Å². The molecule has 0 bridgehead atoms. The van der Waals surface area contributed by atoms with Crippen molar-refractivity contribution in [2.24, 2.45) is 0 Å². The minimum Gasteiger partial charge on any atom is -0.462 e. The second kappa shape index (κ2) is 8.48. The van der Waals surface area contributed by atoms with Gasteiger partial charge in [0, 0.05) is 20.2 Å². The van der Waals surface area contributed by atoms with Gasteiger partial charge in [-0.2, -0.15) is 0 Å². The van der Waals surface area contributed by atoms with E-state index in [1.54, 1.807) is 14.0 Å². The molecule has 0 aliphatic heterocycles. The molecule has 0 saturated heterocycles. The first-order valence-electron chi connectivity index (χ1n) is 6.67. The Kier molecular flexibility index (Phi) is 6.97. The molecule has 1 heterocycles. The van der Waals surface area contributed by atoms with Crippen LogP contribution in [0.2, 0.25) is 0 Å². The van der Waals surface area contributed by atoms with Crippen LogP contribution in [0, 0.1) is 0 Å². The Labute approximate surface area is 127 Å². The Balaban J connectivity index is 3.10. The van der Waals surface area contributed by atoms with Gasteiger partial charge < -0.3 is 25.8 Å². The van der Waals surface area contributed by atoms with Gasteiger partial charge in [-0.1, -0.05) is 0 Å². The van der Waals surface area contributed by atoms with E-state index in [2.05, 4.69) is 10.6 Å². The number of esters is 1. The molecule has 0 saturated carbocycles. The molecule has 0 radical (unpaired) electrons. The number of thiophene rings is 1. The number of ether oxygens (including phenoxy) is 2. The van der Waals surface area contributed by atoms with E-state index in [4.69, 9.17) is 15.2 Å². The summed E-state index contributed by atoms with van der Waals surface area (Å²) in [5.41, 5.74) is 6.30. The zero-order valence-corrected chi connectivity index (χ0v) is 13.3. The lowest BCUT2D eigenvalue weighted by Gasteiger charge is -2.07. The normalized spacial score (nSPS) is 10.2. The third-order valence-electron chi connectivity index (χ3n) is 2.56. The molecule has 0 unspecified atom stereocenters. The van der Waals surface area contributed by atoms with Crippen LogP contribution >= 0.6 is 11.3 Å². The summed E-state index contributed by atoms with van der Waals surface area (Å²) in [5, 5.41) is 6.23. The Morgan fingerprint density at radius 2 is 2.05 bits per heavy atom. The summed E-state index contributed by atoms with van der Waals surface area (Å²) in [6, 6.07) is 0. The lowest BCUT2D eigenvalue weighted by atomic mass is 10.2. The molecule has 7 nitrogen and oxygen atoms in total. The highest BCUT2D eigenvalue weighted by Gasteiger charge is 2.26. The Hall–Kier alpha value is -1.80. The molecule has 1 aromatic rings. The number of hydrogen-bond donors (Lipinski definition) is 3. The lowest BCUT2D eigenvalue weighted by Crippen LogP contribution is -2.22. The average molecular weight is 315 g/mol. The SMILES string of the molecule is CCNC(=O)c1sc(NCCOC)c(C(=O)OCC)c1N. The van der Waals surface area contributed by atoms with Crippen molar-refractivity contribution in [3.63, 3.8) is 0 Å². The van der Waals surface area contributed by atoms with Crippen molar-refractivity contribution >= 4 is 33.9 Å². The molecular formula is C13H21N3O4S. The number of hydrogen-bond acceptors (Lipinski definition) is 7. The third kappa shape index (κ3) is 4.33. The zero-order valence-electron chi connectivity index (χ0n) is 12.4. The summed E-state index contributed by atoms with van der Waals surface area (Å²) < 4.78 is 9.94. The van der Waals surface area contributed by atoms with Crippen molar-refractivity contribution in [2.75, 3.05) is 44.5 Å². The number of rotatable bonds is 8. The molecular weight excluding hydrogens is 294 g/mol. The maximum absolute atomic E-state index is 12.0. The number of carbonyl (C=O) groups is 2. The molecule has 0 atom stereocenters. The fourth-order valence-corrected chi connectivity index (χ4v) is 2.70. The van der Waals surface area contributed by atoms with Gasteiger partial charge in [0.05, 0.1) is 18.9 Å². The Morgan fingerprint density at radius 1 is 1.33 bits per heavy atom. The number of amides is 1. The van der Waals surface area contributed by atoms with Gasteiger partial charge in [-0.15, -0.1) is 11.3 Å². The van der Waals surface area contributed by atoms with Gasteiger partial charge in [0.15, 0.2) is 0 Å². The summed E-state index contributed by atoms with van der Waals surface area (Å²) >= 11 is 1.13.